The molecule has 0 bridgehead atoms. The fraction of sp³-hybridized carbons (Fsp3) is 0.211. The number of aliphatic carboxylic acids is 1. The lowest BCUT2D eigenvalue weighted by Gasteiger charge is -2.27. The van der Waals surface area contributed by atoms with Crippen LogP contribution in [-0.2, 0) is 27.7 Å². The zero-order chi connectivity index (χ0) is 19.6. The molecule has 0 amide bonds. The molecule has 2 aromatic carbocycles. The van der Waals surface area contributed by atoms with Gasteiger partial charge in [-0.05, 0) is 78.4 Å². The molecule has 1 atom stereocenters. The Morgan fingerprint density at radius 3 is 2.63 bits per heavy atom. The third-order valence-electron chi connectivity index (χ3n) is 4.40. The lowest BCUT2D eigenvalue weighted by molar-refractivity contribution is -0.131. The van der Waals surface area contributed by atoms with Gasteiger partial charge in [0.25, 0.3) is 0 Å². The Hall–Kier alpha value is -1.67. The zero-order valence-corrected chi connectivity index (χ0v) is 17.3. The van der Waals surface area contributed by atoms with Crippen molar-refractivity contribution < 1.29 is 18.3 Å². The molecule has 3 rings (SSSR count). The van der Waals surface area contributed by atoms with Crippen molar-refractivity contribution in [3.05, 3.63) is 68.7 Å². The average molecular weight is 471 g/mol. The smallest absolute Gasteiger partial charge is 0.328 e. The molecule has 0 saturated carbocycles. The second-order valence-corrected chi connectivity index (χ2v) is 9.39. The number of carbonyl (C=O) groups is 1. The summed E-state index contributed by atoms with van der Waals surface area (Å²) in [5, 5.41) is 9.34. The molecule has 1 aliphatic carbocycles. The third-order valence-corrected chi connectivity index (χ3v) is 6.65. The second-order valence-electron chi connectivity index (χ2n) is 6.32. The molecule has 0 radical (unpaired) electrons. The maximum absolute atomic E-state index is 12.6. The monoisotopic (exact) mass is 469 g/mol. The number of nitrogens with one attached hydrogen (secondary N) is 1. The summed E-state index contributed by atoms with van der Waals surface area (Å²) < 4.78 is 28.8. The molecule has 0 aliphatic heterocycles. The van der Waals surface area contributed by atoms with Gasteiger partial charge in [-0.2, -0.15) is 0 Å². The van der Waals surface area contributed by atoms with E-state index in [9.17, 15) is 13.2 Å². The summed E-state index contributed by atoms with van der Waals surface area (Å²) in [6.45, 7) is 0. The standard InChI is InChI=1S/C19H17BrClNO4S/c20-14-9-12(1-8-19(23)24)18-7-4-16(11-13(18)10-14)22-27(25,26)17-5-2-15(21)3-6-17/h1-3,5-6,8-10,16,22H,4,7,11H2,(H,23,24). The van der Waals surface area contributed by atoms with E-state index >= 15 is 0 Å². The number of carboxylic acids is 1. The first-order valence-electron chi connectivity index (χ1n) is 8.25. The summed E-state index contributed by atoms with van der Waals surface area (Å²) in [6, 6.07) is 9.64. The number of benzene rings is 2. The van der Waals surface area contributed by atoms with E-state index in [2.05, 4.69) is 20.7 Å². The molecule has 0 aromatic heterocycles. The maximum atomic E-state index is 12.6. The van der Waals surface area contributed by atoms with Crippen LogP contribution in [0.4, 0.5) is 0 Å². The molecule has 1 aliphatic rings. The molecular formula is C19H17BrClNO4S. The summed E-state index contributed by atoms with van der Waals surface area (Å²) >= 11 is 9.26. The fourth-order valence-corrected chi connectivity index (χ4v) is 5.12. The fourth-order valence-electron chi connectivity index (χ4n) is 3.20. The SMILES string of the molecule is O=C(O)C=Cc1cc(Br)cc2c1CCC(NS(=O)(=O)c1ccc(Cl)cc1)C2. The van der Waals surface area contributed by atoms with E-state index < -0.39 is 16.0 Å². The van der Waals surface area contributed by atoms with Crippen molar-refractivity contribution in [2.45, 2.75) is 30.2 Å². The summed E-state index contributed by atoms with van der Waals surface area (Å²) in [4.78, 5) is 11.0. The Labute approximate surface area is 171 Å². The molecule has 0 heterocycles. The highest BCUT2D eigenvalue weighted by molar-refractivity contribution is 9.10. The van der Waals surface area contributed by atoms with Gasteiger partial charge in [-0.25, -0.2) is 17.9 Å². The minimum Gasteiger partial charge on any atom is -0.478 e. The number of sulfonamides is 1. The zero-order valence-electron chi connectivity index (χ0n) is 14.2. The minimum absolute atomic E-state index is 0.178. The number of carboxylic acid groups (broad SMARTS) is 1. The Balaban J connectivity index is 1.82. The summed E-state index contributed by atoms with van der Waals surface area (Å²) in [7, 11) is -3.63. The second kappa shape index (κ2) is 8.14. The van der Waals surface area contributed by atoms with Crippen LogP contribution in [0.15, 0.2) is 51.8 Å². The van der Waals surface area contributed by atoms with Crippen molar-refractivity contribution in [2.75, 3.05) is 0 Å². The van der Waals surface area contributed by atoms with E-state index in [0.29, 0.717) is 24.3 Å². The van der Waals surface area contributed by atoms with E-state index in [0.717, 1.165) is 27.2 Å². The highest BCUT2D eigenvalue weighted by atomic mass is 79.9. The van der Waals surface area contributed by atoms with E-state index in [1.807, 2.05) is 12.1 Å². The van der Waals surface area contributed by atoms with Gasteiger partial charge in [-0.15, -0.1) is 0 Å². The summed E-state index contributed by atoms with van der Waals surface area (Å²) in [6.07, 6.45) is 4.52. The first-order chi connectivity index (χ1) is 12.7. The van der Waals surface area contributed by atoms with E-state index in [-0.39, 0.29) is 10.9 Å². The van der Waals surface area contributed by atoms with Crippen LogP contribution in [0.1, 0.15) is 23.1 Å². The first-order valence-corrected chi connectivity index (χ1v) is 10.9. The lowest BCUT2D eigenvalue weighted by Crippen LogP contribution is -2.39. The highest BCUT2D eigenvalue weighted by Crippen LogP contribution is 2.30. The Kier molecular flexibility index (Phi) is 6.05. The van der Waals surface area contributed by atoms with Crippen LogP contribution >= 0.6 is 27.5 Å². The molecule has 5 nitrogen and oxygen atoms in total. The minimum atomic E-state index is -3.63. The van der Waals surface area contributed by atoms with Crippen LogP contribution in [0.3, 0.4) is 0 Å². The summed E-state index contributed by atoms with van der Waals surface area (Å²) in [5.74, 6) is -1.01. The molecule has 27 heavy (non-hydrogen) atoms. The van der Waals surface area contributed by atoms with Gasteiger partial charge < -0.3 is 5.11 Å². The van der Waals surface area contributed by atoms with Crippen LogP contribution in [0.25, 0.3) is 6.08 Å². The molecule has 142 valence electrons. The topological polar surface area (TPSA) is 83.5 Å². The highest BCUT2D eigenvalue weighted by Gasteiger charge is 2.25. The van der Waals surface area contributed by atoms with Crippen LogP contribution in [-0.4, -0.2) is 25.5 Å². The van der Waals surface area contributed by atoms with Gasteiger partial charge in [-0.3, -0.25) is 0 Å². The number of fused-ring (bicyclic) bond motifs is 1. The number of hydrogen-bond acceptors (Lipinski definition) is 3. The predicted octanol–water partition coefficient (Wildman–Crippen LogP) is 4.04. The van der Waals surface area contributed by atoms with Crippen LogP contribution in [0, 0.1) is 0 Å². The van der Waals surface area contributed by atoms with E-state index in [1.165, 1.54) is 12.1 Å². The van der Waals surface area contributed by atoms with Crippen LogP contribution < -0.4 is 4.72 Å². The number of rotatable bonds is 5. The van der Waals surface area contributed by atoms with Crippen molar-refractivity contribution in [1.29, 1.82) is 0 Å². The van der Waals surface area contributed by atoms with Gasteiger partial charge in [0, 0.05) is 21.6 Å². The van der Waals surface area contributed by atoms with Gasteiger partial charge in [0.15, 0.2) is 0 Å². The molecule has 1 unspecified atom stereocenters. The predicted molar refractivity (Wildman–Crippen MR) is 108 cm³/mol. The molecule has 2 N–H and O–H groups in total. The lowest BCUT2D eigenvalue weighted by atomic mass is 9.85. The average Bonchev–Trinajstić information content (AvgIpc) is 2.59. The third kappa shape index (κ3) is 4.99. The van der Waals surface area contributed by atoms with Crippen molar-refractivity contribution in [3.63, 3.8) is 0 Å². The summed E-state index contributed by atoms with van der Waals surface area (Å²) in [5.41, 5.74) is 2.89. The Bertz CT molecular complexity index is 1000. The maximum Gasteiger partial charge on any atom is 0.328 e. The Morgan fingerprint density at radius 2 is 1.96 bits per heavy atom. The molecule has 8 heteroatoms. The van der Waals surface area contributed by atoms with Crippen LogP contribution in [0.2, 0.25) is 5.02 Å². The largest absolute Gasteiger partial charge is 0.478 e. The molecule has 2 aromatic rings. The van der Waals surface area contributed by atoms with Crippen LogP contribution in [0.5, 0.6) is 0 Å². The first kappa shape index (κ1) is 20.1. The van der Waals surface area contributed by atoms with Gasteiger partial charge in [-0.1, -0.05) is 27.5 Å². The normalized spacial score (nSPS) is 17.0. The molecule has 0 saturated heterocycles. The van der Waals surface area contributed by atoms with Gasteiger partial charge >= 0.3 is 5.97 Å². The van der Waals surface area contributed by atoms with Crippen molar-refractivity contribution in [1.82, 2.24) is 4.72 Å². The molecule has 0 fully saturated rings. The van der Waals surface area contributed by atoms with Crippen molar-refractivity contribution in [3.8, 4) is 0 Å². The van der Waals surface area contributed by atoms with Crippen molar-refractivity contribution in [2.24, 2.45) is 0 Å². The Morgan fingerprint density at radius 1 is 1.26 bits per heavy atom. The van der Waals surface area contributed by atoms with E-state index in [4.69, 9.17) is 16.7 Å². The number of hydrogen-bond donors (Lipinski definition) is 2. The van der Waals surface area contributed by atoms with E-state index in [1.54, 1.807) is 18.2 Å². The quantitative estimate of drug-likeness (QED) is 0.646. The molecule has 0 spiro atoms. The van der Waals surface area contributed by atoms with Gasteiger partial charge in [0.2, 0.25) is 10.0 Å². The van der Waals surface area contributed by atoms with Gasteiger partial charge in [0.1, 0.15) is 0 Å². The number of halogens is 2. The molecular weight excluding hydrogens is 454 g/mol. The van der Waals surface area contributed by atoms with Gasteiger partial charge in [0.05, 0.1) is 4.90 Å². The van der Waals surface area contributed by atoms with Crippen molar-refractivity contribution >= 4 is 49.6 Å².